The third kappa shape index (κ3) is 2.74. The Kier molecular flexibility index (Phi) is 3.59. The Bertz CT molecular complexity index is 768. The first-order valence-corrected chi connectivity index (χ1v) is 7.16. The number of carbonyl (C=O) groups is 1. The summed E-state index contributed by atoms with van der Waals surface area (Å²) in [6.07, 6.45) is 1.51. The molecule has 5 heteroatoms. The number of thioether (sulfide) groups is 1. The molecule has 0 atom stereocenters. The van der Waals surface area contributed by atoms with Gasteiger partial charge in [-0.25, -0.2) is 13.2 Å². The largest absolute Gasteiger partial charge is 0.289 e. The second-order valence-electron chi connectivity index (χ2n) is 4.60. The average molecular weight is 306 g/mol. The van der Waals surface area contributed by atoms with Gasteiger partial charge in [-0.1, -0.05) is 6.07 Å². The lowest BCUT2D eigenvalue weighted by atomic mass is 10.0. The molecule has 0 aromatic heterocycles. The van der Waals surface area contributed by atoms with Crippen molar-refractivity contribution >= 4 is 23.6 Å². The quantitative estimate of drug-likeness (QED) is 0.723. The molecule has 0 aliphatic carbocycles. The van der Waals surface area contributed by atoms with Crippen LogP contribution in [0.2, 0.25) is 0 Å². The summed E-state index contributed by atoms with van der Waals surface area (Å²) in [4.78, 5) is 13.0. The number of ketones is 1. The number of carbonyl (C=O) groups excluding carboxylic acids is 1. The van der Waals surface area contributed by atoms with Crippen LogP contribution in [-0.4, -0.2) is 11.5 Å². The molecule has 1 aliphatic rings. The third-order valence-corrected chi connectivity index (χ3v) is 4.27. The smallest absolute Gasteiger partial charge is 0.191 e. The van der Waals surface area contributed by atoms with Crippen molar-refractivity contribution in [1.29, 1.82) is 0 Å². The van der Waals surface area contributed by atoms with Crippen LogP contribution in [0.4, 0.5) is 13.2 Å². The molecular formula is C16H9F3OS. The van der Waals surface area contributed by atoms with Crippen LogP contribution in [0.15, 0.2) is 46.9 Å². The zero-order valence-corrected chi connectivity index (χ0v) is 11.5. The van der Waals surface area contributed by atoms with Gasteiger partial charge in [-0.05, 0) is 42.0 Å². The fourth-order valence-corrected chi connectivity index (χ4v) is 3.11. The van der Waals surface area contributed by atoms with Gasteiger partial charge in [-0.2, -0.15) is 0 Å². The van der Waals surface area contributed by atoms with E-state index in [0.29, 0.717) is 22.5 Å². The maximum absolute atomic E-state index is 13.2. The van der Waals surface area contributed by atoms with Crippen molar-refractivity contribution in [3.05, 3.63) is 70.5 Å². The number of hydrogen-bond acceptors (Lipinski definition) is 2. The van der Waals surface area contributed by atoms with Crippen LogP contribution >= 0.6 is 11.8 Å². The lowest BCUT2D eigenvalue weighted by molar-refractivity contribution is 0.103. The van der Waals surface area contributed by atoms with Gasteiger partial charge in [-0.15, -0.1) is 11.8 Å². The Morgan fingerprint density at radius 3 is 2.57 bits per heavy atom. The Labute approximate surface area is 123 Å². The van der Waals surface area contributed by atoms with Crippen LogP contribution in [0.25, 0.3) is 6.08 Å². The fourth-order valence-electron chi connectivity index (χ4n) is 2.11. The Balaban J connectivity index is 1.99. The molecule has 106 valence electrons. The van der Waals surface area contributed by atoms with E-state index in [0.717, 1.165) is 17.0 Å². The van der Waals surface area contributed by atoms with E-state index >= 15 is 0 Å². The van der Waals surface area contributed by atoms with Gasteiger partial charge in [0.15, 0.2) is 17.4 Å². The summed E-state index contributed by atoms with van der Waals surface area (Å²) in [7, 11) is 0. The molecule has 0 unspecified atom stereocenters. The van der Waals surface area contributed by atoms with E-state index in [4.69, 9.17) is 0 Å². The predicted molar refractivity (Wildman–Crippen MR) is 75.8 cm³/mol. The van der Waals surface area contributed by atoms with Gasteiger partial charge in [0, 0.05) is 21.8 Å². The van der Waals surface area contributed by atoms with Gasteiger partial charge in [0.05, 0.1) is 0 Å². The Morgan fingerprint density at radius 1 is 1.00 bits per heavy atom. The number of rotatable bonds is 1. The molecular weight excluding hydrogens is 297 g/mol. The van der Waals surface area contributed by atoms with Crippen LogP contribution in [-0.2, 0) is 0 Å². The molecule has 0 spiro atoms. The van der Waals surface area contributed by atoms with Gasteiger partial charge in [0.25, 0.3) is 0 Å². The first kappa shape index (κ1) is 13.9. The van der Waals surface area contributed by atoms with Crippen molar-refractivity contribution in [2.24, 2.45) is 0 Å². The normalized spacial score (nSPS) is 16.1. The maximum atomic E-state index is 13.2. The van der Waals surface area contributed by atoms with Crippen molar-refractivity contribution in [2.45, 2.75) is 4.90 Å². The van der Waals surface area contributed by atoms with Crippen molar-refractivity contribution in [3.8, 4) is 0 Å². The first-order chi connectivity index (χ1) is 10.0. The van der Waals surface area contributed by atoms with Crippen LogP contribution in [0.1, 0.15) is 15.9 Å². The number of hydrogen-bond donors (Lipinski definition) is 0. The number of fused-ring (bicyclic) bond motifs is 1. The standard InChI is InChI=1S/C16H9F3OS/c17-11-2-4-15-12(7-11)16(20)10(8-21-15)5-9-1-3-13(18)14(19)6-9/h1-7H,8H2. The van der Waals surface area contributed by atoms with Crippen LogP contribution in [0, 0.1) is 17.5 Å². The summed E-state index contributed by atoms with van der Waals surface area (Å²) in [6, 6.07) is 7.51. The molecule has 0 fully saturated rings. The average Bonchev–Trinajstić information content (AvgIpc) is 2.46. The molecule has 0 saturated carbocycles. The van der Waals surface area contributed by atoms with Gasteiger partial charge in [0.2, 0.25) is 0 Å². The van der Waals surface area contributed by atoms with Gasteiger partial charge >= 0.3 is 0 Å². The molecule has 0 saturated heterocycles. The zero-order valence-electron chi connectivity index (χ0n) is 10.7. The fraction of sp³-hybridized carbons (Fsp3) is 0.0625. The lowest BCUT2D eigenvalue weighted by Gasteiger charge is -2.16. The Morgan fingerprint density at radius 2 is 1.81 bits per heavy atom. The van der Waals surface area contributed by atoms with E-state index in [9.17, 15) is 18.0 Å². The molecule has 0 radical (unpaired) electrons. The van der Waals surface area contributed by atoms with Crippen LogP contribution < -0.4 is 0 Å². The number of benzene rings is 2. The summed E-state index contributed by atoms with van der Waals surface area (Å²) >= 11 is 1.41. The van der Waals surface area contributed by atoms with E-state index in [1.807, 2.05) is 0 Å². The minimum atomic E-state index is -0.966. The van der Waals surface area contributed by atoms with E-state index in [-0.39, 0.29) is 5.78 Å². The second-order valence-corrected chi connectivity index (χ2v) is 5.62. The van der Waals surface area contributed by atoms with E-state index in [1.54, 1.807) is 6.07 Å². The van der Waals surface area contributed by atoms with Gasteiger partial charge in [-0.3, -0.25) is 4.79 Å². The maximum Gasteiger partial charge on any atom is 0.191 e. The highest BCUT2D eigenvalue weighted by Crippen LogP contribution is 2.33. The topological polar surface area (TPSA) is 17.1 Å². The lowest BCUT2D eigenvalue weighted by Crippen LogP contribution is -2.12. The van der Waals surface area contributed by atoms with E-state index in [1.165, 1.54) is 36.0 Å². The molecule has 21 heavy (non-hydrogen) atoms. The monoisotopic (exact) mass is 306 g/mol. The van der Waals surface area contributed by atoms with Crippen molar-refractivity contribution in [1.82, 2.24) is 0 Å². The van der Waals surface area contributed by atoms with E-state index in [2.05, 4.69) is 0 Å². The molecule has 1 nitrogen and oxygen atoms in total. The minimum Gasteiger partial charge on any atom is -0.289 e. The predicted octanol–water partition coefficient (Wildman–Crippen LogP) is 4.48. The molecule has 1 aliphatic heterocycles. The summed E-state index contributed by atoms with van der Waals surface area (Å²) in [5, 5.41) is 0. The minimum absolute atomic E-state index is 0.284. The summed E-state index contributed by atoms with van der Waals surface area (Å²) in [5.74, 6) is -2.25. The van der Waals surface area contributed by atoms with E-state index < -0.39 is 17.5 Å². The third-order valence-electron chi connectivity index (χ3n) is 3.15. The molecule has 2 aromatic rings. The highest BCUT2D eigenvalue weighted by Gasteiger charge is 2.23. The van der Waals surface area contributed by atoms with Crippen molar-refractivity contribution in [3.63, 3.8) is 0 Å². The molecule has 0 N–H and O–H groups in total. The molecule has 0 bridgehead atoms. The molecule has 2 aromatic carbocycles. The second kappa shape index (κ2) is 5.41. The van der Waals surface area contributed by atoms with Gasteiger partial charge < -0.3 is 0 Å². The Hall–Kier alpha value is -2.01. The molecule has 0 amide bonds. The summed E-state index contributed by atoms with van der Waals surface area (Å²) in [6.45, 7) is 0. The number of halogens is 3. The molecule has 1 heterocycles. The zero-order chi connectivity index (χ0) is 15.0. The molecule has 3 rings (SSSR count). The van der Waals surface area contributed by atoms with Crippen LogP contribution in [0.3, 0.4) is 0 Å². The van der Waals surface area contributed by atoms with Crippen LogP contribution in [0.5, 0.6) is 0 Å². The highest BCUT2D eigenvalue weighted by atomic mass is 32.2. The van der Waals surface area contributed by atoms with Crippen molar-refractivity contribution in [2.75, 3.05) is 5.75 Å². The summed E-state index contributed by atoms with van der Waals surface area (Å²) < 4.78 is 39.3. The van der Waals surface area contributed by atoms with Gasteiger partial charge in [0.1, 0.15) is 5.82 Å². The SMILES string of the molecule is O=C1C(=Cc2ccc(F)c(F)c2)CSc2ccc(F)cc21. The summed E-state index contributed by atoms with van der Waals surface area (Å²) in [5.41, 5.74) is 1.14. The number of Topliss-reactive ketones (excluding diaryl/α,β-unsaturated/α-hetero) is 1. The first-order valence-electron chi connectivity index (χ1n) is 6.17. The van der Waals surface area contributed by atoms with Crippen molar-refractivity contribution < 1.29 is 18.0 Å². The highest BCUT2D eigenvalue weighted by molar-refractivity contribution is 7.99.